The highest BCUT2D eigenvalue weighted by Gasteiger charge is 2.18. The summed E-state index contributed by atoms with van der Waals surface area (Å²) in [6.45, 7) is 8.71. The largest absolute Gasteiger partial charge is 0.444 e. The molecule has 1 aromatic carbocycles. The van der Waals surface area contributed by atoms with E-state index in [0.29, 0.717) is 19.0 Å². The van der Waals surface area contributed by atoms with Crippen LogP contribution in [0.15, 0.2) is 24.3 Å². The first-order valence-electron chi connectivity index (χ1n) is 7.58. The van der Waals surface area contributed by atoms with E-state index in [4.69, 9.17) is 9.47 Å². The van der Waals surface area contributed by atoms with E-state index in [1.165, 1.54) is 11.1 Å². The standard InChI is InChI=1S/C17H21N3O3/c1-11-7-15(18-16(21)23-17(2,3)4)19-20(11)14-6-5-12-9-22-10-13(12)8-14/h5-8H,9-10H2,1-4H3,(H,18,19,21). The number of hydrogen-bond acceptors (Lipinski definition) is 4. The van der Waals surface area contributed by atoms with Crippen LogP contribution in [0.5, 0.6) is 0 Å². The fourth-order valence-corrected chi connectivity index (χ4v) is 2.50. The van der Waals surface area contributed by atoms with Gasteiger partial charge in [0.25, 0.3) is 0 Å². The van der Waals surface area contributed by atoms with Crippen molar-refractivity contribution in [3.63, 3.8) is 0 Å². The maximum Gasteiger partial charge on any atom is 0.413 e. The minimum atomic E-state index is -0.540. The van der Waals surface area contributed by atoms with E-state index in [0.717, 1.165) is 11.4 Å². The van der Waals surface area contributed by atoms with Gasteiger partial charge in [0.2, 0.25) is 0 Å². The lowest BCUT2D eigenvalue weighted by atomic mass is 10.1. The maximum absolute atomic E-state index is 11.8. The average molecular weight is 315 g/mol. The van der Waals surface area contributed by atoms with Gasteiger partial charge in [-0.2, -0.15) is 0 Å². The van der Waals surface area contributed by atoms with Crippen LogP contribution in [-0.4, -0.2) is 21.5 Å². The van der Waals surface area contributed by atoms with Crippen molar-refractivity contribution in [2.45, 2.75) is 46.5 Å². The van der Waals surface area contributed by atoms with Crippen LogP contribution in [-0.2, 0) is 22.7 Å². The molecule has 2 heterocycles. The number of fused-ring (bicyclic) bond motifs is 1. The summed E-state index contributed by atoms with van der Waals surface area (Å²) in [6, 6.07) is 7.94. The lowest BCUT2D eigenvalue weighted by molar-refractivity contribution is 0.0635. The molecule has 0 saturated carbocycles. The van der Waals surface area contributed by atoms with Crippen molar-refractivity contribution in [1.82, 2.24) is 9.78 Å². The SMILES string of the molecule is Cc1cc(NC(=O)OC(C)(C)C)nn1-c1ccc2c(c1)COC2. The Bertz CT molecular complexity index is 744. The van der Waals surface area contributed by atoms with E-state index in [-0.39, 0.29) is 0 Å². The van der Waals surface area contributed by atoms with Crippen LogP contribution in [0, 0.1) is 6.92 Å². The van der Waals surface area contributed by atoms with Gasteiger partial charge in [-0.05, 0) is 51.0 Å². The molecule has 122 valence electrons. The zero-order valence-electron chi connectivity index (χ0n) is 13.8. The Balaban J connectivity index is 1.80. The van der Waals surface area contributed by atoms with Gasteiger partial charge in [-0.15, -0.1) is 5.10 Å². The van der Waals surface area contributed by atoms with E-state index < -0.39 is 11.7 Å². The molecule has 0 aliphatic carbocycles. The quantitative estimate of drug-likeness (QED) is 0.920. The fourth-order valence-electron chi connectivity index (χ4n) is 2.50. The molecule has 6 heteroatoms. The predicted molar refractivity (Wildman–Crippen MR) is 86.7 cm³/mol. The van der Waals surface area contributed by atoms with Gasteiger partial charge in [0.15, 0.2) is 5.82 Å². The summed E-state index contributed by atoms with van der Waals surface area (Å²) in [5.74, 6) is 0.466. The summed E-state index contributed by atoms with van der Waals surface area (Å²) in [7, 11) is 0. The normalized spacial score (nSPS) is 13.7. The van der Waals surface area contributed by atoms with E-state index in [2.05, 4.69) is 22.5 Å². The minimum Gasteiger partial charge on any atom is -0.444 e. The third kappa shape index (κ3) is 3.53. The molecule has 3 rings (SSSR count). The number of benzene rings is 1. The first-order chi connectivity index (χ1) is 10.8. The Hall–Kier alpha value is -2.34. The number of aromatic nitrogens is 2. The molecule has 0 spiro atoms. The first kappa shape index (κ1) is 15.6. The Labute approximate surface area is 135 Å². The molecule has 23 heavy (non-hydrogen) atoms. The number of hydrogen-bond donors (Lipinski definition) is 1. The zero-order chi connectivity index (χ0) is 16.6. The van der Waals surface area contributed by atoms with Gasteiger partial charge in [0.1, 0.15) is 5.60 Å². The highest BCUT2D eigenvalue weighted by atomic mass is 16.6. The number of nitrogens with zero attached hydrogens (tertiary/aromatic N) is 2. The molecular weight excluding hydrogens is 294 g/mol. The molecule has 0 unspecified atom stereocenters. The number of carbonyl (C=O) groups excluding carboxylic acids is 1. The second-order valence-corrected chi connectivity index (χ2v) is 6.66. The van der Waals surface area contributed by atoms with Crippen molar-refractivity contribution in [2.24, 2.45) is 0 Å². The van der Waals surface area contributed by atoms with E-state index in [9.17, 15) is 4.79 Å². The Morgan fingerprint density at radius 2 is 2.00 bits per heavy atom. The van der Waals surface area contributed by atoms with Crippen LogP contribution in [0.1, 0.15) is 37.6 Å². The number of amides is 1. The van der Waals surface area contributed by atoms with Gasteiger partial charge in [0, 0.05) is 11.8 Å². The molecule has 1 amide bonds. The number of nitrogens with one attached hydrogen (secondary N) is 1. The molecule has 0 fully saturated rings. The van der Waals surface area contributed by atoms with Crippen LogP contribution < -0.4 is 5.32 Å². The Morgan fingerprint density at radius 3 is 2.74 bits per heavy atom. The summed E-state index contributed by atoms with van der Waals surface area (Å²) >= 11 is 0. The summed E-state index contributed by atoms with van der Waals surface area (Å²) in [5, 5.41) is 7.10. The molecule has 0 radical (unpaired) electrons. The summed E-state index contributed by atoms with van der Waals surface area (Å²) in [5.41, 5.74) is 3.73. The van der Waals surface area contributed by atoms with Crippen LogP contribution >= 0.6 is 0 Å². The van der Waals surface area contributed by atoms with Gasteiger partial charge in [-0.3, -0.25) is 5.32 Å². The topological polar surface area (TPSA) is 65.4 Å². The highest BCUT2D eigenvalue weighted by molar-refractivity contribution is 5.83. The number of aryl methyl sites for hydroxylation is 1. The van der Waals surface area contributed by atoms with E-state index in [1.54, 1.807) is 4.68 Å². The van der Waals surface area contributed by atoms with Crippen molar-refractivity contribution in [3.8, 4) is 5.69 Å². The average Bonchev–Trinajstić information content (AvgIpc) is 3.01. The van der Waals surface area contributed by atoms with Gasteiger partial charge < -0.3 is 9.47 Å². The van der Waals surface area contributed by atoms with Crippen molar-refractivity contribution < 1.29 is 14.3 Å². The zero-order valence-corrected chi connectivity index (χ0v) is 13.8. The highest BCUT2D eigenvalue weighted by Crippen LogP contribution is 2.24. The lowest BCUT2D eigenvalue weighted by Gasteiger charge is -2.19. The lowest BCUT2D eigenvalue weighted by Crippen LogP contribution is -2.27. The molecule has 1 aliphatic rings. The van der Waals surface area contributed by atoms with Crippen LogP contribution in [0.25, 0.3) is 5.69 Å². The number of ether oxygens (including phenoxy) is 2. The van der Waals surface area contributed by atoms with Crippen molar-refractivity contribution >= 4 is 11.9 Å². The summed E-state index contributed by atoms with van der Waals surface area (Å²) in [6.07, 6.45) is -0.510. The Morgan fingerprint density at radius 1 is 1.26 bits per heavy atom. The first-order valence-corrected chi connectivity index (χ1v) is 7.58. The van der Waals surface area contributed by atoms with Crippen molar-refractivity contribution in [2.75, 3.05) is 5.32 Å². The molecule has 0 bridgehead atoms. The van der Waals surface area contributed by atoms with Gasteiger partial charge in [-0.1, -0.05) is 6.07 Å². The predicted octanol–water partition coefficient (Wildman–Crippen LogP) is 3.56. The monoisotopic (exact) mass is 315 g/mol. The summed E-state index contributed by atoms with van der Waals surface area (Å²) < 4.78 is 12.5. The molecule has 0 atom stereocenters. The van der Waals surface area contributed by atoms with Gasteiger partial charge in [0.05, 0.1) is 18.9 Å². The maximum atomic E-state index is 11.8. The van der Waals surface area contributed by atoms with E-state index in [1.807, 2.05) is 39.8 Å². The Kier molecular flexibility index (Phi) is 3.85. The van der Waals surface area contributed by atoms with Crippen molar-refractivity contribution in [1.29, 1.82) is 0 Å². The minimum absolute atomic E-state index is 0.466. The van der Waals surface area contributed by atoms with Crippen molar-refractivity contribution in [3.05, 3.63) is 41.1 Å². The molecule has 2 aromatic rings. The number of rotatable bonds is 2. The second-order valence-electron chi connectivity index (χ2n) is 6.66. The smallest absolute Gasteiger partial charge is 0.413 e. The molecule has 1 aliphatic heterocycles. The molecular formula is C17H21N3O3. The molecule has 0 saturated heterocycles. The fraction of sp³-hybridized carbons (Fsp3) is 0.412. The molecule has 1 N–H and O–H groups in total. The van der Waals surface area contributed by atoms with Crippen LogP contribution in [0.2, 0.25) is 0 Å². The van der Waals surface area contributed by atoms with E-state index >= 15 is 0 Å². The third-order valence-electron chi connectivity index (χ3n) is 3.47. The molecule has 6 nitrogen and oxygen atoms in total. The third-order valence-corrected chi connectivity index (χ3v) is 3.47. The van der Waals surface area contributed by atoms with Crippen LogP contribution in [0.3, 0.4) is 0 Å². The second kappa shape index (κ2) is 5.70. The molecule has 1 aromatic heterocycles. The number of anilines is 1. The van der Waals surface area contributed by atoms with Gasteiger partial charge >= 0.3 is 6.09 Å². The number of carbonyl (C=O) groups is 1. The van der Waals surface area contributed by atoms with Crippen LogP contribution in [0.4, 0.5) is 10.6 Å². The van der Waals surface area contributed by atoms with Gasteiger partial charge in [-0.25, -0.2) is 9.48 Å². The summed E-state index contributed by atoms with van der Waals surface area (Å²) in [4.78, 5) is 11.8.